The van der Waals surface area contributed by atoms with E-state index in [0.717, 1.165) is 22.4 Å². The molecule has 2 aromatic rings. The molecule has 2 atom stereocenters. The molecule has 1 aliphatic heterocycles. The molecule has 3 rings (SSSR count). The minimum Gasteiger partial charge on any atom is -0.452 e. The number of aryl methyl sites for hydroxylation is 3. The summed E-state index contributed by atoms with van der Waals surface area (Å²) in [5, 5.41) is 2.79. The minimum atomic E-state index is -0.952. The molecule has 0 radical (unpaired) electrons. The number of hydrogen-bond acceptors (Lipinski definition) is 4. The van der Waals surface area contributed by atoms with E-state index in [0.29, 0.717) is 5.69 Å². The van der Waals surface area contributed by atoms with Crippen LogP contribution in [-0.2, 0) is 19.1 Å². The summed E-state index contributed by atoms with van der Waals surface area (Å²) in [7, 11) is 0. The van der Waals surface area contributed by atoms with Crippen LogP contribution in [0.2, 0.25) is 0 Å². The van der Waals surface area contributed by atoms with Gasteiger partial charge >= 0.3 is 5.97 Å². The summed E-state index contributed by atoms with van der Waals surface area (Å²) in [6, 6.07) is 13.3. The fourth-order valence-corrected chi connectivity index (χ4v) is 3.35. The molecule has 6 heteroatoms. The molecule has 1 N–H and O–H groups in total. The lowest BCUT2D eigenvalue weighted by molar-refractivity contribution is -0.157. The number of amides is 2. The topological polar surface area (TPSA) is 75.7 Å². The molecule has 1 heterocycles. The van der Waals surface area contributed by atoms with Crippen molar-refractivity contribution in [3.8, 4) is 0 Å². The molecular weight excluding hydrogens is 368 g/mol. The van der Waals surface area contributed by atoms with Gasteiger partial charge in [-0.05, 0) is 51.5 Å². The van der Waals surface area contributed by atoms with Gasteiger partial charge in [0.1, 0.15) is 0 Å². The molecule has 2 aromatic carbocycles. The first-order valence-corrected chi connectivity index (χ1v) is 9.70. The summed E-state index contributed by atoms with van der Waals surface area (Å²) in [5.41, 5.74) is 4.58. The summed E-state index contributed by atoms with van der Waals surface area (Å²) in [6.45, 7) is 7.65. The molecule has 0 saturated carbocycles. The fourth-order valence-electron chi connectivity index (χ4n) is 3.35. The van der Waals surface area contributed by atoms with Crippen LogP contribution in [0.3, 0.4) is 0 Å². The molecule has 2 amide bonds. The van der Waals surface area contributed by atoms with Crippen molar-refractivity contribution in [3.05, 3.63) is 59.2 Å². The van der Waals surface area contributed by atoms with E-state index in [9.17, 15) is 14.4 Å². The summed E-state index contributed by atoms with van der Waals surface area (Å²) in [4.78, 5) is 38.9. The van der Waals surface area contributed by atoms with Gasteiger partial charge in [-0.2, -0.15) is 0 Å². The number of ether oxygens (including phenoxy) is 1. The van der Waals surface area contributed by atoms with E-state index < -0.39 is 23.9 Å². The molecular formula is C23H26N2O4. The number of benzene rings is 2. The third kappa shape index (κ3) is 4.83. The van der Waals surface area contributed by atoms with E-state index in [1.807, 2.05) is 63.2 Å². The molecule has 6 nitrogen and oxygen atoms in total. The first-order valence-electron chi connectivity index (χ1n) is 9.70. The second-order valence-electron chi connectivity index (χ2n) is 7.63. The Bertz CT molecular complexity index is 936. The van der Waals surface area contributed by atoms with Gasteiger partial charge in [0, 0.05) is 24.3 Å². The Kier molecular flexibility index (Phi) is 6.01. The number of carbonyl (C=O) groups is 3. The van der Waals surface area contributed by atoms with Crippen LogP contribution in [0, 0.1) is 26.7 Å². The molecule has 1 aliphatic rings. The van der Waals surface area contributed by atoms with Gasteiger partial charge in [-0.25, -0.2) is 0 Å². The maximum atomic E-state index is 12.5. The number of esters is 1. The molecule has 0 unspecified atom stereocenters. The van der Waals surface area contributed by atoms with Gasteiger partial charge in [0.2, 0.25) is 5.91 Å². The normalized spacial score (nSPS) is 17.2. The van der Waals surface area contributed by atoms with Crippen molar-refractivity contribution in [3.63, 3.8) is 0 Å². The van der Waals surface area contributed by atoms with E-state index in [1.54, 1.807) is 4.90 Å². The molecule has 1 fully saturated rings. The number of anilines is 2. The number of nitrogens with one attached hydrogen (secondary N) is 1. The van der Waals surface area contributed by atoms with Crippen LogP contribution < -0.4 is 10.2 Å². The van der Waals surface area contributed by atoms with E-state index in [-0.39, 0.29) is 18.9 Å². The van der Waals surface area contributed by atoms with Gasteiger partial charge in [-0.3, -0.25) is 14.4 Å². The maximum absolute atomic E-state index is 12.5. The Morgan fingerprint density at radius 1 is 1.07 bits per heavy atom. The average Bonchev–Trinajstić information content (AvgIpc) is 3.06. The molecule has 29 heavy (non-hydrogen) atoms. The monoisotopic (exact) mass is 394 g/mol. The van der Waals surface area contributed by atoms with E-state index in [1.165, 1.54) is 6.92 Å². The first kappa shape index (κ1) is 20.6. The highest BCUT2D eigenvalue weighted by Crippen LogP contribution is 2.26. The van der Waals surface area contributed by atoms with Gasteiger partial charge < -0.3 is 15.0 Å². The molecule has 0 spiro atoms. The second kappa shape index (κ2) is 8.47. The van der Waals surface area contributed by atoms with Crippen LogP contribution in [0.15, 0.2) is 42.5 Å². The Hall–Kier alpha value is -3.15. The van der Waals surface area contributed by atoms with Crippen molar-refractivity contribution in [1.29, 1.82) is 0 Å². The highest BCUT2D eigenvalue weighted by Gasteiger charge is 2.37. The summed E-state index contributed by atoms with van der Waals surface area (Å²) in [6.07, 6.45) is -0.871. The lowest BCUT2D eigenvalue weighted by atomic mass is 10.1. The second-order valence-corrected chi connectivity index (χ2v) is 7.63. The molecule has 1 saturated heterocycles. The predicted molar refractivity (Wildman–Crippen MR) is 112 cm³/mol. The maximum Gasteiger partial charge on any atom is 0.312 e. The van der Waals surface area contributed by atoms with Crippen molar-refractivity contribution >= 4 is 29.2 Å². The van der Waals surface area contributed by atoms with E-state index in [2.05, 4.69) is 5.32 Å². The van der Waals surface area contributed by atoms with Gasteiger partial charge in [-0.1, -0.05) is 35.4 Å². The summed E-state index contributed by atoms with van der Waals surface area (Å²) in [5.74, 6) is -1.63. The molecule has 0 bridgehead atoms. The van der Waals surface area contributed by atoms with Crippen LogP contribution in [0.5, 0.6) is 0 Å². The highest BCUT2D eigenvalue weighted by atomic mass is 16.5. The third-order valence-electron chi connectivity index (χ3n) is 5.11. The van der Waals surface area contributed by atoms with Crippen LogP contribution in [0.1, 0.15) is 30.0 Å². The minimum absolute atomic E-state index is 0.0815. The quantitative estimate of drug-likeness (QED) is 0.787. The first-order chi connectivity index (χ1) is 13.7. The Morgan fingerprint density at radius 2 is 1.72 bits per heavy atom. The number of hydrogen-bond donors (Lipinski definition) is 1. The summed E-state index contributed by atoms with van der Waals surface area (Å²) >= 11 is 0. The Labute approximate surface area is 170 Å². The van der Waals surface area contributed by atoms with Crippen molar-refractivity contribution in [2.24, 2.45) is 5.92 Å². The zero-order chi connectivity index (χ0) is 21.1. The van der Waals surface area contributed by atoms with Gasteiger partial charge in [0.05, 0.1) is 5.92 Å². The zero-order valence-electron chi connectivity index (χ0n) is 17.2. The SMILES string of the molecule is Cc1ccc(N2C[C@H](C(=O)O[C@@H](C)C(=O)Nc3ccc(C)cc3C)CC2=O)cc1. The molecule has 152 valence electrons. The Balaban J connectivity index is 1.58. The Morgan fingerprint density at radius 3 is 2.38 bits per heavy atom. The van der Waals surface area contributed by atoms with E-state index >= 15 is 0 Å². The van der Waals surface area contributed by atoms with Crippen molar-refractivity contribution in [2.45, 2.75) is 40.2 Å². The highest BCUT2D eigenvalue weighted by molar-refractivity contribution is 6.00. The largest absolute Gasteiger partial charge is 0.452 e. The van der Waals surface area contributed by atoms with Gasteiger partial charge in [-0.15, -0.1) is 0 Å². The van der Waals surface area contributed by atoms with Gasteiger partial charge in [0.25, 0.3) is 5.91 Å². The number of nitrogens with zero attached hydrogens (tertiary/aromatic N) is 1. The standard InChI is InChI=1S/C23H26N2O4/c1-14-5-8-19(9-6-14)25-13-18(12-21(25)26)23(28)29-17(4)22(27)24-20-10-7-15(2)11-16(20)3/h5-11,17-18H,12-13H2,1-4H3,(H,24,27)/t17-,18+/m0/s1. The van der Waals surface area contributed by atoms with Crippen LogP contribution in [0.4, 0.5) is 11.4 Å². The van der Waals surface area contributed by atoms with Crippen LogP contribution in [0.25, 0.3) is 0 Å². The zero-order valence-corrected chi connectivity index (χ0v) is 17.2. The number of carbonyl (C=O) groups excluding carboxylic acids is 3. The smallest absolute Gasteiger partial charge is 0.312 e. The van der Waals surface area contributed by atoms with E-state index in [4.69, 9.17) is 4.74 Å². The van der Waals surface area contributed by atoms with Crippen molar-refractivity contribution < 1.29 is 19.1 Å². The van der Waals surface area contributed by atoms with Crippen LogP contribution in [-0.4, -0.2) is 30.4 Å². The van der Waals surface area contributed by atoms with Crippen molar-refractivity contribution in [2.75, 3.05) is 16.8 Å². The lowest BCUT2D eigenvalue weighted by Crippen LogP contribution is -2.33. The number of rotatable bonds is 5. The lowest BCUT2D eigenvalue weighted by Gasteiger charge is -2.18. The predicted octanol–water partition coefficient (Wildman–Crippen LogP) is 3.54. The van der Waals surface area contributed by atoms with Gasteiger partial charge in [0.15, 0.2) is 6.10 Å². The van der Waals surface area contributed by atoms with Crippen molar-refractivity contribution in [1.82, 2.24) is 0 Å². The summed E-state index contributed by atoms with van der Waals surface area (Å²) < 4.78 is 5.35. The van der Waals surface area contributed by atoms with Crippen LogP contribution >= 0.6 is 0 Å². The molecule has 0 aliphatic carbocycles. The fraction of sp³-hybridized carbons (Fsp3) is 0.348. The third-order valence-corrected chi connectivity index (χ3v) is 5.11. The molecule has 0 aromatic heterocycles. The average molecular weight is 394 g/mol.